The van der Waals surface area contributed by atoms with Crippen LogP contribution in [0.4, 0.5) is 17.2 Å². The van der Waals surface area contributed by atoms with E-state index in [1.165, 1.54) is 32.7 Å². The summed E-state index contributed by atoms with van der Waals surface area (Å²) >= 11 is 0. The molecule has 7 aromatic rings. The lowest BCUT2D eigenvalue weighted by Crippen LogP contribution is -2.13. The van der Waals surface area contributed by atoms with Gasteiger partial charge < -0.3 is 0 Å². The van der Waals surface area contributed by atoms with Crippen molar-refractivity contribution in [1.29, 1.82) is 5.26 Å². The molecule has 1 heterocycles. The number of aromatic nitrogens is 1. The molecule has 0 aliphatic heterocycles. The SMILES string of the molecule is N#Cc1ccc(N(c2ccccc2)c2c3ccccc3c(-c3ccc4ccccc4c3)c3ccccc23)nc1. The topological polar surface area (TPSA) is 39.9 Å². The molecule has 1 aromatic heterocycles. The van der Waals surface area contributed by atoms with E-state index < -0.39 is 0 Å². The lowest BCUT2D eigenvalue weighted by molar-refractivity contribution is 1.18. The molecule has 0 fully saturated rings. The van der Waals surface area contributed by atoms with Crippen molar-refractivity contribution in [2.45, 2.75) is 0 Å². The number of para-hydroxylation sites is 1. The maximum Gasteiger partial charge on any atom is 0.137 e. The van der Waals surface area contributed by atoms with Crippen LogP contribution in [0.3, 0.4) is 0 Å². The summed E-state index contributed by atoms with van der Waals surface area (Å²) in [6.45, 7) is 0. The number of hydrogen-bond acceptors (Lipinski definition) is 3. The summed E-state index contributed by atoms with van der Waals surface area (Å²) < 4.78 is 0. The van der Waals surface area contributed by atoms with Crippen LogP contribution in [-0.2, 0) is 0 Å². The Morgan fingerprint density at radius 2 is 1.18 bits per heavy atom. The van der Waals surface area contributed by atoms with Crippen LogP contribution in [0.5, 0.6) is 0 Å². The van der Waals surface area contributed by atoms with Crippen molar-refractivity contribution in [3.8, 4) is 17.2 Å². The molecule has 0 aliphatic rings. The Morgan fingerprint density at radius 3 is 1.82 bits per heavy atom. The number of pyridine rings is 1. The van der Waals surface area contributed by atoms with Gasteiger partial charge in [-0.05, 0) is 63.0 Å². The second kappa shape index (κ2) is 9.45. The molecule has 0 aliphatic carbocycles. The number of rotatable bonds is 4. The highest BCUT2D eigenvalue weighted by molar-refractivity contribution is 6.22. The Hall–Kier alpha value is -5.46. The van der Waals surface area contributed by atoms with Crippen LogP contribution in [0.25, 0.3) is 43.4 Å². The van der Waals surface area contributed by atoms with E-state index in [2.05, 4.69) is 114 Å². The molecular weight excluding hydrogens is 474 g/mol. The van der Waals surface area contributed by atoms with Crippen molar-refractivity contribution in [2.75, 3.05) is 4.90 Å². The third-order valence-corrected chi connectivity index (χ3v) is 7.29. The maximum atomic E-state index is 9.39. The zero-order valence-corrected chi connectivity index (χ0v) is 21.1. The third kappa shape index (κ3) is 3.87. The predicted octanol–water partition coefficient (Wildman–Crippen LogP) is 9.55. The Bertz CT molecular complexity index is 1960. The predicted molar refractivity (Wildman–Crippen MR) is 162 cm³/mol. The van der Waals surface area contributed by atoms with Gasteiger partial charge in [0, 0.05) is 22.7 Å². The molecular formula is C36H23N3. The van der Waals surface area contributed by atoms with Gasteiger partial charge in [0.05, 0.1) is 11.3 Å². The summed E-state index contributed by atoms with van der Waals surface area (Å²) in [5.74, 6) is 0.758. The smallest absolute Gasteiger partial charge is 0.137 e. The number of nitriles is 1. The van der Waals surface area contributed by atoms with Gasteiger partial charge in [0.25, 0.3) is 0 Å². The van der Waals surface area contributed by atoms with Crippen LogP contribution < -0.4 is 4.90 Å². The highest BCUT2D eigenvalue weighted by Crippen LogP contribution is 2.47. The first-order valence-electron chi connectivity index (χ1n) is 13.0. The monoisotopic (exact) mass is 497 g/mol. The van der Waals surface area contributed by atoms with E-state index >= 15 is 0 Å². The minimum absolute atomic E-state index is 0.535. The molecule has 39 heavy (non-hydrogen) atoms. The van der Waals surface area contributed by atoms with Crippen molar-refractivity contribution >= 4 is 49.5 Å². The first-order chi connectivity index (χ1) is 19.3. The van der Waals surface area contributed by atoms with Gasteiger partial charge in [-0.2, -0.15) is 5.26 Å². The van der Waals surface area contributed by atoms with Crippen molar-refractivity contribution in [3.05, 3.63) is 145 Å². The summed E-state index contributed by atoms with van der Waals surface area (Å²) in [5, 5.41) is 16.5. The Kier molecular flexibility index (Phi) is 5.50. The van der Waals surface area contributed by atoms with Crippen molar-refractivity contribution in [2.24, 2.45) is 0 Å². The molecule has 0 bridgehead atoms. The summed E-state index contributed by atoms with van der Waals surface area (Å²) in [7, 11) is 0. The van der Waals surface area contributed by atoms with Gasteiger partial charge in [0.15, 0.2) is 0 Å². The molecule has 0 unspecified atom stereocenters. The van der Waals surface area contributed by atoms with E-state index in [0.717, 1.165) is 28.0 Å². The molecule has 0 atom stereocenters. The van der Waals surface area contributed by atoms with Gasteiger partial charge in [-0.1, -0.05) is 103 Å². The highest BCUT2D eigenvalue weighted by Gasteiger charge is 2.22. The fourth-order valence-electron chi connectivity index (χ4n) is 5.54. The van der Waals surface area contributed by atoms with Gasteiger partial charge >= 0.3 is 0 Å². The summed E-state index contributed by atoms with van der Waals surface area (Å²) in [6.07, 6.45) is 1.64. The lowest BCUT2D eigenvalue weighted by atomic mass is 9.89. The fraction of sp³-hybridized carbons (Fsp3) is 0. The van der Waals surface area contributed by atoms with Crippen molar-refractivity contribution < 1.29 is 0 Å². The second-order valence-corrected chi connectivity index (χ2v) is 9.56. The van der Waals surface area contributed by atoms with E-state index in [1.54, 1.807) is 6.20 Å². The third-order valence-electron chi connectivity index (χ3n) is 7.29. The van der Waals surface area contributed by atoms with Crippen LogP contribution in [0.2, 0.25) is 0 Å². The largest absolute Gasteiger partial charge is 0.294 e. The zero-order chi connectivity index (χ0) is 26.2. The molecule has 0 spiro atoms. The van der Waals surface area contributed by atoms with Crippen LogP contribution in [0.15, 0.2) is 140 Å². The van der Waals surface area contributed by atoms with E-state index in [4.69, 9.17) is 4.98 Å². The lowest BCUT2D eigenvalue weighted by Gasteiger charge is -2.28. The average Bonchev–Trinajstić information content (AvgIpc) is 3.01. The minimum atomic E-state index is 0.535. The number of nitrogens with zero attached hydrogens (tertiary/aromatic N) is 3. The Morgan fingerprint density at radius 1 is 0.564 bits per heavy atom. The molecule has 3 heteroatoms. The van der Waals surface area contributed by atoms with E-state index in [1.807, 2.05) is 30.3 Å². The number of anilines is 3. The highest BCUT2D eigenvalue weighted by atomic mass is 15.2. The van der Waals surface area contributed by atoms with Crippen LogP contribution >= 0.6 is 0 Å². The molecule has 0 N–H and O–H groups in total. The summed E-state index contributed by atoms with van der Waals surface area (Å²) in [5.41, 5.74) is 5.01. The van der Waals surface area contributed by atoms with Gasteiger partial charge in [-0.25, -0.2) is 4.98 Å². The van der Waals surface area contributed by atoms with Crippen LogP contribution in [0, 0.1) is 11.3 Å². The van der Waals surface area contributed by atoms with Gasteiger partial charge in [0.1, 0.15) is 11.9 Å². The van der Waals surface area contributed by atoms with Crippen LogP contribution in [-0.4, -0.2) is 4.98 Å². The number of hydrogen-bond donors (Lipinski definition) is 0. The molecule has 0 radical (unpaired) electrons. The molecule has 0 saturated heterocycles. The first kappa shape index (κ1) is 22.7. The van der Waals surface area contributed by atoms with Gasteiger partial charge in [-0.3, -0.25) is 4.90 Å². The maximum absolute atomic E-state index is 9.39. The Labute approximate surface area is 226 Å². The normalized spacial score (nSPS) is 11.1. The van der Waals surface area contributed by atoms with Crippen molar-refractivity contribution in [3.63, 3.8) is 0 Å². The van der Waals surface area contributed by atoms with Gasteiger partial charge in [-0.15, -0.1) is 0 Å². The molecule has 7 rings (SSSR count). The Balaban J connectivity index is 1.59. The molecule has 182 valence electrons. The average molecular weight is 498 g/mol. The standard InChI is InChI=1S/C36H23N3/c37-23-25-18-21-34(38-24-25)39(29-12-2-1-3-13-29)36-32-16-8-6-14-30(32)35(31-15-7-9-17-33(31)36)28-20-19-26-10-4-5-11-27(26)22-28/h1-22,24H. The number of fused-ring (bicyclic) bond motifs is 3. The van der Waals surface area contributed by atoms with E-state index in [9.17, 15) is 5.26 Å². The summed E-state index contributed by atoms with van der Waals surface area (Å²) in [6, 6.07) is 48.7. The van der Waals surface area contributed by atoms with Crippen LogP contribution in [0.1, 0.15) is 5.56 Å². The fourth-order valence-corrected chi connectivity index (χ4v) is 5.54. The zero-order valence-electron chi connectivity index (χ0n) is 21.1. The van der Waals surface area contributed by atoms with Crippen molar-refractivity contribution in [1.82, 2.24) is 4.98 Å². The molecule has 3 nitrogen and oxygen atoms in total. The molecule has 0 amide bonds. The molecule has 6 aromatic carbocycles. The van der Waals surface area contributed by atoms with Gasteiger partial charge in [0.2, 0.25) is 0 Å². The first-order valence-corrected chi connectivity index (χ1v) is 13.0. The summed E-state index contributed by atoms with van der Waals surface area (Å²) in [4.78, 5) is 6.94. The second-order valence-electron chi connectivity index (χ2n) is 9.56. The quantitative estimate of drug-likeness (QED) is 0.227. The minimum Gasteiger partial charge on any atom is -0.294 e. The van der Waals surface area contributed by atoms with E-state index in [0.29, 0.717) is 5.56 Å². The number of benzene rings is 6. The van der Waals surface area contributed by atoms with E-state index in [-0.39, 0.29) is 0 Å². The molecule has 0 saturated carbocycles.